The third-order valence-corrected chi connectivity index (χ3v) is 3.20. The van der Waals surface area contributed by atoms with Gasteiger partial charge < -0.3 is 15.0 Å². The van der Waals surface area contributed by atoms with Crippen molar-refractivity contribution in [3.63, 3.8) is 0 Å². The number of imidazole rings is 1. The second kappa shape index (κ2) is 5.89. The molecule has 0 saturated carbocycles. The Morgan fingerprint density at radius 3 is 2.74 bits per heavy atom. The second-order valence-corrected chi connectivity index (χ2v) is 4.66. The summed E-state index contributed by atoms with van der Waals surface area (Å²) in [6, 6.07) is 4.20. The normalized spacial score (nSPS) is 10.7. The Morgan fingerprint density at radius 1 is 1.26 bits per heavy atom. The predicted octanol–water partition coefficient (Wildman–Crippen LogP) is 2.81. The number of nitrogens with zero attached hydrogens (tertiary/aromatic N) is 1. The lowest BCUT2D eigenvalue weighted by Gasteiger charge is -2.10. The van der Waals surface area contributed by atoms with Crippen LogP contribution in [0.4, 0.5) is 0 Å². The number of nitrogens with one attached hydrogen (secondary N) is 2. The van der Waals surface area contributed by atoms with Crippen LogP contribution in [0.15, 0.2) is 18.3 Å². The highest BCUT2D eigenvalue weighted by Crippen LogP contribution is 2.28. The van der Waals surface area contributed by atoms with Crippen LogP contribution in [-0.4, -0.2) is 23.6 Å². The molecular weight excluding hydrogens is 238 g/mol. The van der Waals surface area contributed by atoms with Gasteiger partial charge in [0.1, 0.15) is 11.6 Å². The van der Waals surface area contributed by atoms with Crippen molar-refractivity contribution < 1.29 is 4.74 Å². The number of aromatic amines is 1. The third kappa shape index (κ3) is 2.96. The number of hydrogen-bond acceptors (Lipinski definition) is 3. The second-order valence-electron chi connectivity index (χ2n) is 4.66. The number of rotatable bonds is 5. The van der Waals surface area contributed by atoms with Gasteiger partial charge >= 0.3 is 0 Å². The van der Waals surface area contributed by atoms with E-state index in [2.05, 4.69) is 48.2 Å². The summed E-state index contributed by atoms with van der Waals surface area (Å²) < 4.78 is 5.34. The zero-order valence-electron chi connectivity index (χ0n) is 12.0. The van der Waals surface area contributed by atoms with E-state index in [1.807, 2.05) is 6.20 Å². The van der Waals surface area contributed by atoms with Crippen molar-refractivity contribution >= 4 is 0 Å². The Morgan fingerprint density at radius 2 is 2.05 bits per heavy atom. The molecule has 102 valence electrons. The molecular formula is C15H21N3O. The molecule has 1 aromatic carbocycles. The number of benzene rings is 1. The molecule has 1 heterocycles. The Balaban J connectivity index is 2.31. The minimum absolute atomic E-state index is 0.769. The molecule has 0 aliphatic rings. The Hall–Kier alpha value is -1.81. The largest absolute Gasteiger partial charge is 0.496 e. The summed E-state index contributed by atoms with van der Waals surface area (Å²) in [4.78, 5) is 7.75. The maximum Gasteiger partial charge on any atom is 0.122 e. The van der Waals surface area contributed by atoms with Crippen LogP contribution in [-0.2, 0) is 6.54 Å². The van der Waals surface area contributed by atoms with Gasteiger partial charge in [-0.3, -0.25) is 0 Å². The first-order valence-electron chi connectivity index (χ1n) is 6.56. The average molecular weight is 259 g/mol. The quantitative estimate of drug-likeness (QED) is 0.868. The first-order chi connectivity index (χ1) is 9.15. The number of H-pyrrole nitrogens is 1. The van der Waals surface area contributed by atoms with Gasteiger partial charge in [0, 0.05) is 5.56 Å². The van der Waals surface area contributed by atoms with Crippen molar-refractivity contribution in [2.45, 2.75) is 27.3 Å². The highest BCUT2D eigenvalue weighted by atomic mass is 16.5. The van der Waals surface area contributed by atoms with Gasteiger partial charge in [0.25, 0.3) is 0 Å². The van der Waals surface area contributed by atoms with Crippen LogP contribution in [0.25, 0.3) is 11.3 Å². The first-order valence-corrected chi connectivity index (χ1v) is 6.56. The zero-order chi connectivity index (χ0) is 13.8. The van der Waals surface area contributed by atoms with Crippen molar-refractivity contribution in [1.29, 1.82) is 0 Å². The van der Waals surface area contributed by atoms with Crippen molar-refractivity contribution in [2.24, 2.45) is 0 Å². The van der Waals surface area contributed by atoms with Gasteiger partial charge in [-0.2, -0.15) is 0 Å². The summed E-state index contributed by atoms with van der Waals surface area (Å²) in [5.41, 5.74) is 4.54. The van der Waals surface area contributed by atoms with E-state index in [1.165, 1.54) is 11.1 Å². The maximum absolute atomic E-state index is 5.34. The van der Waals surface area contributed by atoms with E-state index >= 15 is 0 Å². The van der Waals surface area contributed by atoms with Gasteiger partial charge in [0.05, 0.1) is 25.5 Å². The standard InChI is InChI=1S/C15H21N3O/c1-5-16-9-15-17-8-13(18-15)12-6-11(3)14(19-4)7-10(12)2/h6-8,16H,5,9H2,1-4H3,(H,17,18). The molecule has 2 rings (SSSR count). The van der Waals surface area contributed by atoms with Gasteiger partial charge in [-0.25, -0.2) is 4.98 Å². The van der Waals surface area contributed by atoms with Crippen LogP contribution in [0.2, 0.25) is 0 Å². The summed E-state index contributed by atoms with van der Waals surface area (Å²) >= 11 is 0. The molecule has 0 bridgehead atoms. The summed E-state index contributed by atoms with van der Waals surface area (Å²) in [6.07, 6.45) is 1.89. The monoisotopic (exact) mass is 259 g/mol. The molecule has 0 atom stereocenters. The van der Waals surface area contributed by atoms with Crippen molar-refractivity contribution in [3.05, 3.63) is 35.3 Å². The number of aryl methyl sites for hydroxylation is 2. The smallest absolute Gasteiger partial charge is 0.122 e. The molecule has 0 saturated heterocycles. The van der Waals surface area contributed by atoms with E-state index in [-0.39, 0.29) is 0 Å². The van der Waals surface area contributed by atoms with Gasteiger partial charge in [0.2, 0.25) is 0 Å². The Labute approximate surface area is 114 Å². The minimum atomic E-state index is 0.769. The molecule has 1 aromatic heterocycles. The van der Waals surface area contributed by atoms with E-state index in [9.17, 15) is 0 Å². The number of methoxy groups -OCH3 is 1. The van der Waals surface area contributed by atoms with Crippen LogP contribution in [0.3, 0.4) is 0 Å². The number of ether oxygens (including phenoxy) is 1. The lowest BCUT2D eigenvalue weighted by Crippen LogP contribution is -2.12. The fraction of sp³-hybridized carbons (Fsp3) is 0.400. The highest BCUT2D eigenvalue weighted by Gasteiger charge is 2.09. The van der Waals surface area contributed by atoms with Crippen molar-refractivity contribution in [1.82, 2.24) is 15.3 Å². The van der Waals surface area contributed by atoms with E-state index < -0.39 is 0 Å². The van der Waals surface area contributed by atoms with Crippen molar-refractivity contribution in [2.75, 3.05) is 13.7 Å². The molecule has 0 aliphatic heterocycles. The lowest BCUT2D eigenvalue weighted by molar-refractivity contribution is 0.411. The van der Waals surface area contributed by atoms with E-state index in [1.54, 1.807) is 7.11 Å². The SMILES string of the molecule is CCNCc1ncc(-c2cc(C)c(OC)cc2C)[nH]1. The van der Waals surface area contributed by atoms with Crippen LogP contribution >= 0.6 is 0 Å². The fourth-order valence-corrected chi connectivity index (χ4v) is 2.13. The van der Waals surface area contributed by atoms with E-state index in [4.69, 9.17) is 4.74 Å². The Kier molecular flexibility index (Phi) is 4.22. The summed E-state index contributed by atoms with van der Waals surface area (Å²) in [7, 11) is 1.70. The van der Waals surface area contributed by atoms with Gasteiger partial charge in [-0.15, -0.1) is 0 Å². The summed E-state index contributed by atoms with van der Waals surface area (Å²) in [5, 5.41) is 3.26. The van der Waals surface area contributed by atoms with Crippen molar-refractivity contribution in [3.8, 4) is 17.0 Å². The molecule has 4 heteroatoms. The molecule has 0 spiro atoms. The molecule has 2 aromatic rings. The molecule has 2 N–H and O–H groups in total. The van der Waals surface area contributed by atoms with E-state index in [0.29, 0.717) is 0 Å². The molecule has 0 amide bonds. The minimum Gasteiger partial charge on any atom is -0.496 e. The molecule has 19 heavy (non-hydrogen) atoms. The molecule has 0 radical (unpaired) electrons. The lowest BCUT2D eigenvalue weighted by atomic mass is 10.0. The van der Waals surface area contributed by atoms with Gasteiger partial charge in [0.15, 0.2) is 0 Å². The first kappa shape index (κ1) is 13.6. The maximum atomic E-state index is 5.34. The predicted molar refractivity (Wildman–Crippen MR) is 77.4 cm³/mol. The molecule has 0 aliphatic carbocycles. The molecule has 4 nitrogen and oxygen atoms in total. The van der Waals surface area contributed by atoms with Crippen LogP contribution in [0.5, 0.6) is 5.75 Å². The average Bonchev–Trinajstić information content (AvgIpc) is 2.87. The van der Waals surface area contributed by atoms with Crippen LogP contribution in [0.1, 0.15) is 23.9 Å². The van der Waals surface area contributed by atoms with Gasteiger partial charge in [-0.1, -0.05) is 6.92 Å². The molecule has 0 fully saturated rings. The third-order valence-electron chi connectivity index (χ3n) is 3.20. The fourth-order valence-electron chi connectivity index (χ4n) is 2.13. The van der Waals surface area contributed by atoms with Crippen LogP contribution < -0.4 is 10.1 Å². The highest BCUT2D eigenvalue weighted by molar-refractivity contribution is 5.66. The topological polar surface area (TPSA) is 49.9 Å². The van der Waals surface area contributed by atoms with Gasteiger partial charge in [-0.05, 0) is 43.7 Å². The van der Waals surface area contributed by atoms with Crippen LogP contribution in [0, 0.1) is 13.8 Å². The zero-order valence-corrected chi connectivity index (χ0v) is 12.0. The summed E-state index contributed by atoms with van der Waals surface area (Å²) in [6.45, 7) is 7.93. The number of hydrogen-bond donors (Lipinski definition) is 2. The number of aromatic nitrogens is 2. The summed E-state index contributed by atoms with van der Waals surface area (Å²) in [5.74, 6) is 1.89. The Bertz CT molecular complexity index is 561. The van der Waals surface area contributed by atoms with E-state index in [0.717, 1.165) is 35.9 Å². The molecule has 0 unspecified atom stereocenters.